The van der Waals surface area contributed by atoms with Gasteiger partial charge in [0.05, 0.1) is 0 Å². The molecule has 0 aromatic carbocycles. The first-order valence-corrected chi connectivity index (χ1v) is 10.6. The van der Waals surface area contributed by atoms with Crippen LogP contribution in [0.4, 0.5) is 0 Å². The number of nitrogens with one attached hydrogen (secondary N) is 2. The fraction of sp³-hybridized carbons (Fsp3) is 0.950. The molecule has 2 heterocycles. The molecule has 0 amide bonds. The highest BCUT2D eigenvalue weighted by molar-refractivity contribution is 14.0. The number of aliphatic imine (C=N–C) groups is 1. The first kappa shape index (κ1) is 24.9. The minimum absolute atomic E-state index is 0. The van der Waals surface area contributed by atoms with Gasteiger partial charge in [-0.05, 0) is 70.0 Å². The molecule has 2 fully saturated rings. The number of ether oxygens (including phenoxy) is 2. The number of hydrogen-bond acceptors (Lipinski definition) is 4. The van der Waals surface area contributed by atoms with Crippen molar-refractivity contribution in [1.82, 2.24) is 15.5 Å². The minimum Gasteiger partial charge on any atom is -0.381 e. The predicted octanol–water partition coefficient (Wildman–Crippen LogP) is 2.72. The van der Waals surface area contributed by atoms with Crippen LogP contribution in [0.3, 0.4) is 0 Å². The van der Waals surface area contributed by atoms with E-state index in [0.29, 0.717) is 5.92 Å². The zero-order chi connectivity index (χ0) is 18.5. The molecule has 2 aliphatic rings. The molecule has 0 atom stereocenters. The van der Waals surface area contributed by atoms with E-state index in [1.165, 1.54) is 38.9 Å². The van der Waals surface area contributed by atoms with Crippen molar-refractivity contribution in [2.24, 2.45) is 16.8 Å². The van der Waals surface area contributed by atoms with Crippen LogP contribution in [0.2, 0.25) is 0 Å². The van der Waals surface area contributed by atoms with Crippen LogP contribution >= 0.6 is 24.0 Å². The van der Waals surface area contributed by atoms with E-state index < -0.39 is 0 Å². The average Bonchev–Trinajstić information content (AvgIpc) is 2.68. The molecule has 2 rings (SSSR count). The van der Waals surface area contributed by atoms with E-state index in [4.69, 9.17) is 9.47 Å². The molecule has 2 aliphatic heterocycles. The highest BCUT2D eigenvalue weighted by Gasteiger charge is 2.15. The van der Waals surface area contributed by atoms with Gasteiger partial charge in [0.25, 0.3) is 0 Å². The van der Waals surface area contributed by atoms with E-state index in [9.17, 15) is 0 Å². The van der Waals surface area contributed by atoms with Crippen molar-refractivity contribution in [1.29, 1.82) is 0 Å². The Labute approximate surface area is 183 Å². The first-order chi connectivity index (χ1) is 12.8. The highest BCUT2D eigenvalue weighted by Crippen LogP contribution is 2.16. The molecule has 0 aromatic heterocycles. The summed E-state index contributed by atoms with van der Waals surface area (Å²) in [5.74, 6) is 2.50. The highest BCUT2D eigenvalue weighted by atomic mass is 127. The van der Waals surface area contributed by atoms with Gasteiger partial charge in [0, 0.05) is 46.6 Å². The van der Waals surface area contributed by atoms with Crippen molar-refractivity contribution in [3.8, 4) is 0 Å². The molecule has 0 aliphatic carbocycles. The van der Waals surface area contributed by atoms with E-state index >= 15 is 0 Å². The summed E-state index contributed by atoms with van der Waals surface area (Å²) in [5, 5.41) is 6.80. The molecule has 0 saturated carbocycles. The van der Waals surface area contributed by atoms with Crippen molar-refractivity contribution in [2.45, 2.75) is 45.4 Å². The quantitative estimate of drug-likeness (QED) is 0.211. The van der Waals surface area contributed by atoms with Gasteiger partial charge < -0.3 is 25.0 Å². The fourth-order valence-corrected chi connectivity index (χ4v) is 3.56. The summed E-state index contributed by atoms with van der Waals surface area (Å²) >= 11 is 0. The number of hydrogen-bond donors (Lipinski definition) is 2. The molecule has 0 radical (unpaired) electrons. The fourth-order valence-electron chi connectivity index (χ4n) is 3.56. The van der Waals surface area contributed by atoms with Crippen LogP contribution in [0.15, 0.2) is 4.99 Å². The van der Waals surface area contributed by atoms with Crippen molar-refractivity contribution in [3.63, 3.8) is 0 Å². The van der Waals surface area contributed by atoms with Gasteiger partial charge in [-0.2, -0.15) is 0 Å². The summed E-state index contributed by atoms with van der Waals surface area (Å²) in [6.45, 7) is 11.5. The molecule has 0 unspecified atom stereocenters. The normalized spacial score (nSPS) is 20.3. The summed E-state index contributed by atoms with van der Waals surface area (Å²) in [6.07, 6.45) is 7.18. The Morgan fingerprint density at radius 1 is 1.07 bits per heavy atom. The summed E-state index contributed by atoms with van der Waals surface area (Å²) in [5.41, 5.74) is 0. The molecule has 6 nitrogen and oxygen atoms in total. The van der Waals surface area contributed by atoms with Crippen LogP contribution in [0.25, 0.3) is 0 Å². The lowest BCUT2D eigenvalue weighted by Gasteiger charge is -2.30. The number of piperidine rings is 1. The summed E-state index contributed by atoms with van der Waals surface area (Å²) in [4.78, 5) is 6.89. The molecule has 7 heteroatoms. The maximum absolute atomic E-state index is 5.80. The van der Waals surface area contributed by atoms with Crippen LogP contribution in [-0.2, 0) is 9.47 Å². The van der Waals surface area contributed by atoms with Gasteiger partial charge in [-0.3, -0.25) is 4.99 Å². The maximum atomic E-state index is 5.80. The van der Waals surface area contributed by atoms with Crippen molar-refractivity contribution in [2.75, 3.05) is 66.2 Å². The molecule has 0 bridgehead atoms. The third-order valence-electron chi connectivity index (χ3n) is 5.50. The number of likely N-dealkylation sites (tertiary alicyclic amines) is 1. The van der Waals surface area contributed by atoms with Crippen LogP contribution in [-0.4, -0.2) is 77.1 Å². The largest absolute Gasteiger partial charge is 0.381 e. The molecule has 27 heavy (non-hydrogen) atoms. The lowest BCUT2D eigenvalue weighted by molar-refractivity contribution is 0.0203. The lowest BCUT2D eigenvalue weighted by Crippen LogP contribution is -2.40. The summed E-state index contributed by atoms with van der Waals surface area (Å²) < 4.78 is 11.2. The summed E-state index contributed by atoms with van der Waals surface area (Å²) in [7, 11) is 1.84. The molecule has 2 saturated heterocycles. The maximum Gasteiger partial charge on any atom is 0.190 e. The Kier molecular flexibility index (Phi) is 14.5. The Hall–Kier alpha value is -0.120. The van der Waals surface area contributed by atoms with E-state index in [0.717, 1.165) is 70.7 Å². The molecular weight excluding hydrogens is 455 g/mol. The standard InChI is InChI=1S/C20H40N4O2.HI/c1-18-5-12-24(13-6-18)11-3-9-22-20(21-2)23-10-4-14-26-17-19-7-15-25-16-8-19;/h18-19H,3-17H2,1-2H3,(H2,21,22,23);1H. The number of nitrogens with zero attached hydrogens (tertiary/aromatic N) is 2. The van der Waals surface area contributed by atoms with Gasteiger partial charge in [-0.1, -0.05) is 6.92 Å². The second kappa shape index (κ2) is 15.8. The monoisotopic (exact) mass is 496 g/mol. The minimum atomic E-state index is 0. The smallest absolute Gasteiger partial charge is 0.190 e. The summed E-state index contributed by atoms with van der Waals surface area (Å²) in [6, 6.07) is 0. The van der Waals surface area contributed by atoms with E-state index in [2.05, 4.69) is 27.4 Å². The van der Waals surface area contributed by atoms with Gasteiger partial charge in [-0.15, -0.1) is 24.0 Å². The molecule has 0 aromatic rings. The van der Waals surface area contributed by atoms with Gasteiger partial charge >= 0.3 is 0 Å². The SMILES string of the molecule is CN=C(NCCCOCC1CCOCC1)NCCCN1CCC(C)CC1.I. The zero-order valence-electron chi connectivity index (χ0n) is 17.4. The van der Waals surface area contributed by atoms with Crippen LogP contribution in [0.5, 0.6) is 0 Å². The van der Waals surface area contributed by atoms with Gasteiger partial charge in [0.1, 0.15) is 0 Å². The molecule has 0 spiro atoms. The van der Waals surface area contributed by atoms with E-state index in [1.54, 1.807) is 0 Å². The van der Waals surface area contributed by atoms with Crippen LogP contribution < -0.4 is 10.6 Å². The van der Waals surface area contributed by atoms with Gasteiger partial charge in [-0.25, -0.2) is 0 Å². The van der Waals surface area contributed by atoms with Crippen molar-refractivity contribution < 1.29 is 9.47 Å². The topological polar surface area (TPSA) is 58.1 Å². The third kappa shape index (κ3) is 11.5. The molecule has 2 N–H and O–H groups in total. The van der Waals surface area contributed by atoms with Crippen molar-refractivity contribution in [3.05, 3.63) is 0 Å². The third-order valence-corrected chi connectivity index (χ3v) is 5.50. The number of guanidine groups is 1. The Morgan fingerprint density at radius 3 is 2.41 bits per heavy atom. The van der Waals surface area contributed by atoms with E-state index in [1.807, 2.05) is 7.05 Å². The first-order valence-electron chi connectivity index (χ1n) is 10.6. The predicted molar refractivity (Wildman–Crippen MR) is 123 cm³/mol. The Morgan fingerprint density at radius 2 is 1.74 bits per heavy atom. The molecular formula is C20H41IN4O2. The van der Waals surface area contributed by atoms with Crippen LogP contribution in [0, 0.1) is 11.8 Å². The van der Waals surface area contributed by atoms with Crippen LogP contribution in [0.1, 0.15) is 45.4 Å². The second-order valence-electron chi connectivity index (χ2n) is 7.79. The van der Waals surface area contributed by atoms with E-state index in [-0.39, 0.29) is 24.0 Å². The van der Waals surface area contributed by atoms with Gasteiger partial charge in [0.15, 0.2) is 5.96 Å². The zero-order valence-corrected chi connectivity index (χ0v) is 19.7. The van der Waals surface area contributed by atoms with Crippen molar-refractivity contribution >= 4 is 29.9 Å². The second-order valence-corrected chi connectivity index (χ2v) is 7.79. The lowest BCUT2D eigenvalue weighted by atomic mass is 9.99. The average molecular weight is 496 g/mol. The number of halogens is 1. The molecule has 160 valence electrons. The number of rotatable bonds is 10. The Balaban J connectivity index is 0.00000364. The van der Waals surface area contributed by atoms with Gasteiger partial charge in [0.2, 0.25) is 0 Å². The Bertz CT molecular complexity index is 384.